The summed E-state index contributed by atoms with van der Waals surface area (Å²) in [7, 11) is 0. The van der Waals surface area contributed by atoms with E-state index in [4.69, 9.17) is 14.2 Å². The van der Waals surface area contributed by atoms with Gasteiger partial charge in [0.15, 0.2) is 22.5 Å². The second kappa shape index (κ2) is 7.85. The summed E-state index contributed by atoms with van der Waals surface area (Å²) in [6, 6.07) is 16.1. The van der Waals surface area contributed by atoms with Crippen molar-refractivity contribution in [2.75, 3.05) is 19.2 Å². The van der Waals surface area contributed by atoms with Gasteiger partial charge >= 0.3 is 0 Å². The minimum atomic E-state index is 0.257. The number of hydrogen-bond donors (Lipinski definition) is 0. The van der Waals surface area contributed by atoms with Gasteiger partial charge in [0, 0.05) is 23.6 Å². The number of hydrogen-bond acceptors (Lipinski definition) is 6. The minimum absolute atomic E-state index is 0.257. The van der Waals surface area contributed by atoms with Gasteiger partial charge in [-0.05, 0) is 49.6 Å². The molecular weight excluding hydrogens is 374 g/mol. The molecule has 0 bridgehead atoms. The number of benzene rings is 2. The van der Waals surface area contributed by atoms with Crippen LogP contribution in [-0.4, -0.2) is 40.0 Å². The van der Waals surface area contributed by atoms with Gasteiger partial charge < -0.3 is 14.2 Å². The van der Waals surface area contributed by atoms with Crippen LogP contribution in [0.4, 0.5) is 0 Å². The SMILES string of the molecule is c1ccc(-n2c(SC[C@@H]3CCCCO3)nnc2-c2ccc3c(c2)OCO3)cc1. The predicted octanol–water partition coefficient (Wildman–Crippen LogP) is 4.32. The molecule has 0 N–H and O–H groups in total. The molecule has 0 unspecified atom stereocenters. The maximum absolute atomic E-state index is 5.88. The quantitative estimate of drug-likeness (QED) is 0.600. The molecule has 3 heterocycles. The first-order valence-electron chi connectivity index (χ1n) is 9.54. The van der Waals surface area contributed by atoms with Gasteiger partial charge in [-0.1, -0.05) is 30.0 Å². The summed E-state index contributed by atoms with van der Waals surface area (Å²) in [5.41, 5.74) is 1.98. The number of nitrogens with zero attached hydrogens (tertiary/aromatic N) is 3. The Bertz CT molecular complexity index is 955. The second-order valence-corrected chi connectivity index (χ2v) is 7.83. The third-order valence-corrected chi connectivity index (χ3v) is 6.01. The van der Waals surface area contributed by atoms with Gasteiger partial charge in [-0.2, -0.15) is 0 Å². The fraction of sp³-hybridized carbons (Fsp3) is 0.333. The van der Waals surface area contributed by atoms with Crippen molar-refractivity contribution < 1.29 is 14.2 Å². The number of rotatable bonds is 5. The summed E-state index contributed by atoms with van der Waals surface area (Å²) < 4.78 is 19.0. The van der Waals surface area contributed by atoms with E-state index in [-0.39, 0.29) is 12.9 Å². The van der Waals surface area contributed by atoms with Crippen molar-refractivity contribution in [1.29, 1.82) is 0 Å². The van der Waals surface area contributed by atoms with Gasteiger partial charge in [-0.15, -0.1) is 10.2 Å². The first-order valence-corrected chi connectivity index (χ1v) is 10.5. The maximum Gasteiger partial charge on any atom is 0.231 e. The van der Waals surface area contributed by atoms with Crippen LogP contribution in [0, 0.1) is 0 Å². The molecule has 0 radical (unpaired) electrons. The molecule has 2 aliphatic heterocycles. The highest BCUT2D eigenvalue weighted by Gasteiger charge is 2.21. The lowest BCUT2D eigenvalue weighted by Gasteiger charge is -2.22. The highest BCUT2D eigenvalue weighted by molar-refractivity contribution is 7.99. The van der Waals surface area contributed by atoms with Gasteiger partial charge in [0.25, 0.3) is 0 Å². The molecule has 0 aliphatic carbocycles. The molecule has 144 valence electrons. The summed E-state index contributed by atoms with van der Waals surface area (Å²) in [6.07, 6.45) is 3.80. The lowest BCUT2D eigenvalue weighted by Crippen LogP contribution is -2.21. The Balaban J connectivity index is 1.49. The number of aromatic nitrogens is 3. The Morgan fingerprint density at radius 3 is 2.75 bits per heavy atom. The van der Waals surface area contributed by atoms with E-state index in [2.05, 4.69) is 26.9 Å². The van der Waals surface area contributed by atoms with Crippen molar-refractivity contribution in [1.82, 2.24) is 14.8 Å². The Morgan fingerprint density at radius 2 is 1.89 bits per heavy atom. The van der Waals surface area contributed by atoms with E-state index >= 15 is 0 Å². The summed E-state index contributed by atoms with van der Waals surface area (Å²) in [6.45, 7) is 1.12. The number of ether oxygens (including phenoxy) is 3. The molecule has 6 nitrogen and oxygen atoms in total. The van der Waals surface area contributed by atoms with Crippen LogP contribution in [0.15, 0.2) is 53.7 Å². The molecular formula is C21H21N3O3S. The zero-order chi connectivity index (χ0) is 18.8. The zero-order valence-electron chi connectivity index (χ0n) is 15.4. The van der Waals surface area contributed by atoms with Crippen molar-refractivity contribution >= 4 is 11.8 Å². The molecule has 5 rings (SSSR count). The van der Waals surface area contributed by atoms with E-state index in [9.17, 15) is 0 Å². The van der Waals surface area contributed by atoms with Crippen molar-refractivity contribution in [3.63, 3.8) is 0 Å². The number of fused-ring (bicyclic) bond motifs is 1. The van der Waals surface area contributed by atoms with Crippen LogP contribution in [0.3, 0.4) is 0 Å². The summed E-state index contributed by atoms with van der Waals surface area (Å²) in [4.78, 5) is 0. The molecule has 1 aromatic heterocycles. The highest BCUT2D eigenvalue weighted by atomic mass is 32.2. The smallest absolute Gasteiger partial charge is 0.231 e. The zero-order valence-corrected chi connectivity index (χ0v) is 16.2. The first kappa shape index (κ1) is 17.6. The highest BCUT2D eigenvalue weighted by Crippen LogP contribution is 2.37. The lowest BCUT2D eigenvalue weighted by atomic mass is 10.1. The van der Waals surface area contributed by atoms with Gasteiger partial charge in [-0.25, -0.2) is 0 Å². The van der Waals surface area contributed by atoms with Crippen LogP contribution in [0.25, 0.3) is 17.1 Å². The van der Waals surface area contributed by atoms with E-state index in [0.717, 1.165) is 58.9 Å². The van der Waals surface area contributed by atoms with Gasteiger partial charge in [0.05, 0.1) is 6.10 Å². The monoisotopic (exact) mass is 395 g/mol. The second-order valence-electron chi connectivity index (χ2n) is 6.84. The third kappa shape index (κ3) is 3.47. The van der Waals surface area contributed by atoms with Gasteiger partial charge in [-0.3, -0.25) is 4.57 Å². The number of thioether (sulfide) groups is 1. The molecule has 0 amide bonds. The number of para-hydroxylation sites is 1. The fourth-order valence-electron chi connectivity index (χ4n) is 3.50. The van der Waals surface area contributed by atoms with Crippen LogP contribution >= 0.6 is 11.8 Å². The Morgan fingerprint density at radius 1 is 1.00 bits per heavy atom. The van der Waals surface area contributed by atoms with Gasteiger partial charge in [0.1, 0.15) is 0 Å². The van der Waals surface area contributed by atoms with Crippen LogP contribution in [0.2, 0.25) is 0 Å². The van der Waals surface area contributed by atoms with Crippen molar-refractivity contribution in [3.05, 3.63) is 48.5 Å². The van der Waals surface area contributed by atoms with E-state index in [1.165, 1.54) is 6.42 Å². The first-order chi connectivity index (χ1) is 13.9. The van der Waals surface area contributed by atoms with Crippen LogP contribution < -0.4 is 9.47 Å². The Labute approximate surface area is 167 Å². The Hall–Kier alpha value is -2.51. The fourth-order valence-corrected chi connectivity index (χ4v) is 4.52. The van der Waals surface area contributed by atoms with Gasteiger partial charge in [0.2, 0.25) is 6.79 Å². The Kier molecular flexibility index (Phi) is 4.93. The van der Waals surface area contributed by atoms with Crippen LogP contribution in [-0.2, 0) is 4.74 Å². The van der Waals surface area contributed by atoms with E-state index < -0.39 is 0 Å². The molecule has 1 atom stereocenters. The molecule has 1 saturated heterocycles. The molecule has 3 aromatic rings. The molecule has 28 heavy (non-hydrogen) atoms. The molecule has 0 saturated carbocycles. The molecule has 2 aliphatic rings. The minimum Gasteiger partial charge on any atom is -0.454 e. The standard InChI is InChI=1S/C21H21N3O3S/c1-2-6-16(7-3-1)24-20(15-9-10-18-19(12-15)27-14-26-18)22-23-21(24)28-13-17-8-4-5-11-25-17/h1-3,6-7,9-10,12,17H,4-5,8,11,13-14H2/t17-/m0/s1. The van der Waals surface area contributed by atoms with Crippen LogP contribution in [0.5, 0.6) is 11.5 Å². The van der Waals surface area contributed by atoms with E-state index in [1.807, 2.05) is 36.4 Å². The van der Waals surface area contributed by atoms with Crippen molar-refractivity contribution in [2.24, 2.45) is 0 Å². The lowest BCUT2D eigenvalue weighted by molar-refractivity contribution is 0.0315. The summed E-state index contributed by atoms with van der Waals surface area (Å²) in [5.74, 6) is 3.17. The molecule has 1 fully saturated rings. The largest absolute Gasteiger partial charge is 0.454 e. The summed E-state index contributed by atoms with van der Waals surface area (Å²) >= 11 is 1.70. The molecule has 2 aromatic carbocycles. The maximum atomic E-state index is 5.88. The van der Waals surface area contributed by atoms with E-state index in [1.54, 1.807) is 11.8 Å². The van der Waals surface area contributed by atoms with Crippen LogP contribution in [0.1, 0.15) is 19.3 Å². The predicted molar refractivity (Wildman–Crippen MR) is 107 cm³/mol. The summed E-state index contributed by atoms with van der Waals surface area (Å²) in [5, 5.41) is 9.87. The van der Waals surface area contributed by atoms with E-state index in [0.29, 0.717) is 0 Å². The average Bonchev–Trinajstić information content (AvgIpc) is 3.40. The average molecular weight is 395 g/mol. The molecule has 0 spiro atoms. The molecule has 7 heteroatoms. The third-order valence-electron chi connectivity index (χ3n) is 4.95. The van der Waals surface area contributed by atoms with Crippen molar-refractivity contribution in [2.45, 2.75) is 30.5 Å². The van der Waals surface area contributed by atoms with Crippen molar-refractivity contribution in [3.8, 4) is 28.6 Å². The topological polar surface area (TPSA) is 58.4 Å². The normalized spacial score (nSPS) is 18.4.